The summed E-state index contributed by atoms with van der Waals surface area (Å²) in [6.07, 6.45) is -4.89. The summed E-state index contributed by atoms with van der Waals surface area (Å²) in [6, 6.07) is 11.9. The zero-order valence-electron chi connectivity index (χ0n) is 15.7. The first-order valence-corrected chi connectivity index (χ1v) is 8.92. The van der Waals surface area contributed by atoms with Crippen molar-refractivity contribution in [3.05, 3.63) is 70.8 Å². The van der Waals surface area contributed by atoms with Crippen molar-refractivity contribution in [2.45, 2.75) is 38.2 Å². The summed E-state index contributed by atoms with van der Waals surface area (Å²) in [6.45, 7) is 5.23. The molecule has 2 aromatic rings. The van der Waals surface area contributed by atoms with Crippen LogP contribution in [0.25, 0.3) is 0 Å². The molecular formula is C21H22F3NO3. The molecule has 1 aliphatic heterocycles. The van der Waals surface area contributed by atoms with Crippen molar-refractivity contribution in [3.8, 4) is 0 Å². The average molecular weight is 393 g/mol. The molecule has 0 bridgehead atoms. The first kappa shape index (κ1) is 20.4. The molecule has 150 valence electrons. The van der Waals surface area contributed by atoms with Gasteiger partial charge < -0.3 is 9.84 Å². The van der Waals surface area contributed by atoms with Crippen molar-refractivity contribution in [2.75, 3.05) is 13.2 Å². The van der Waals surface area contributed by atoms with Gasteiger partial charge in [0.15, 0.2) is 0 Å². The molecule has 4 nitrogen and oxygen atoms in total. The third-order valence-corrected chi connectivity index (χ3v) is 5.01. The van der Waals surface area contributed by atoms with Gasteiger partial charge in [-0.05, 0) is 49.2 Å². The van der Waals surface area contributed by atoms with Gasteiger partial charge in [0.05, 0.1) is 23.8 Å². The number of nitrogens with zero attached hydrogens (tertiary/aromatic N) is 1. The van der Waals surface area contributed by atoms with Gasteiger partial charge in [0.2, 0.25) is 0 Å². The number of rotatable bonds is 4. The van der Waals surface area contributed by atoms with E-state index >= 15 is 0 Å². The van der Waals surface area contributed by atoms with Crippen molar-refractivity contribution in [2.24, 2.45) is 0 Å². The van der Waals surface area contributed by atoms with Crippen LogP contribution in [0, 0.1) is 0 Å². The van der Waals surface area contributed by atoms with Crippen LogP contribution in [0.5, 0.6) is 0 Å². The van der Waals surface area contributed by atoms with Crippen LogP contribution < -0.4 is 0 Å². The Bertz CT molecular complexity index is 864. The van der Waals surface area contributed by atoms with Crippen LogP contribution in [0.4, 0.5) is 13.2 Å². The molecule has 1 aliphatic rings. The second-order valence-electron chi connectivity index (χ2n) is 7.62. The number of alkyl halides is 3. The van der Waals surface area contributed by atoms with E-state index in [1.807, 2.05) is 19.9 Å². The number of carboxylic acid groups (broad SMARTS) is 1. The van der Waals surface area contributed by atoms with E-state index < -0.39 is 23.8 Å². The second-order valence-corrected chi connectivity index (χ2v) is 7.62. The summed E-state index contributed by atoms with van der Waals surface area (Å²) in [7, 11) is 0. The number of carboxylic acids is 1. The summed E-state index contributed by atoms with van der Waals surface area (Å²) < 4.78 is 45.0. The van der Waals surface area contributed by atoms with Crippen molar-refractivity contribution in [1.29, 1.82) is 0 Å². The first-order valence-electron chi connectivity index (χ1n) is 8.92. The number of ether oxygens (including phenoxy) is 1. The highest BCUT2D eigenvalue weighted by molar-refractivity contribution is 5.87. The molecule has 28 heavy (non-hydrogen) atoms. The Morgan fingerprint density at radius 1 is 1.21 bits per heavy atom. The highest BCUT2D eigenvalue weighted by Gasteiger charge is 2.37. The molecule has 1 atom stereocenters. The molecule has 1 heterocycles. The Morgan fingerprint density at radius 2 is 1.93 bits per heavy atom. The average Bonchev–Trinajstić information content (AvgIpc) is 2.63. The lowest BCUT2D eigenvalue weighted by Gasteiger charge is -2.45. The maximum atomic E-state index is 13.0. The van der Waals surface area contributed by atoms with Crippen LogP contribution in [0.1, 0.15) is 47.0 Å². The minimum absolute atomic E-state index is 0.206. The smallest absolute Gasteiger partial charge is 0.416 e. The van der Waals surface area contributed by atoms with Gasteiger partial charge >= 0.3 is 12.1 Å². The minimum atomic E-state index is -4.40. The summed E-state index contributed by atoms with van der Waals surface area (Å²) in [5, 5.41) is 9.17. The van der Waals surface area contributed by atoms with E-state index in [1.54, 1.807) is 18.2 Å². The summed E-state index contributed by atoms with van der Waals surface area (Å²) >= 11 is 0. The number of carbonyl (C=O) groups is 1. The van der Waals surface area contributed by atoms with Crippen LogP contribution in [0.15, 0.2) is 48.5 Å². The fourth-order valence-electron chi connectivity index (χ4n) is 3.31. The number of morpholine rings is 1. The van der Waals surface area contributed by atoms with E-state index in [2.05, 4.69) is 4.90 Å². The molecule has 0 aromatic heterocycles. The normalized spacial score (nSPS) is 20.1. The lowest BCUT2D eigenvalue weighted by molar-refractivity contribution is -0.138. The number of hydrogen-bond acceptors (Lipinski definition) is 3. The van der Waals surface area contributed by atoms with Crippen molar-refractivity contribution in [1.82, 2.24) is 4.90 Å². The maximum absolute atomic E-state index is 13.0. The Morgan fingerprint density at radius 3 is 2.61 bits per heavy atom. The molecule has 1 unspecified atom stereocenters. The molecule has 1 saturated heterocycles. The second kappa shape index (κ2) is 7.56. The van der Waals surface area contributed by atoms with Crippen molar-refractivity contribution >= 4 is 5.97 Å². The monoisotopic (exact) mass is 393 g/mol. The zero-order valence-corrected chi connectivity index (χ0v) is 15.7. The van der Waals surface area contributed by atoms with Gasteiger partial charge in [-0.25, -0.2) is 4.79 Å². The topological polar surface area (TPSA) is 49.8 Å². The fourth-order valence-corrected chi connectivity index (χ4v) is 3.31. The molecule has 0 saturated carbocycles. The molecular weight excluding hydrogens is 371 g/mol. The SMILES string of the molecule is CC1(C)COC(c2cccc(C(F)(F)F)c2)CN1Cc1cccc(C(=O)O)c1. The standard InChI is InChI=1S/C21H22F3NO3/c1-20(2)13-28-18(15-6-4-8-17(10-15)21(22,23)24)12-25(20)11-14-5-3-7-16(9-14)19(26)27/h3-10,18H,11-13H2,1-2H3,(H,26,27). The largest absolute Gasteiger partial charge is 0.478 e. The lowest BCUT2D eigenvalue weighted by Crippen LogP contribution is -2.53. The molecule has 0 spiro atoms. The van der Waals surface area contributed by atoms with Crippen LogP contribution in [-0.2, 0) is 17.5 Å². The Labute approximate surface area is 161 Å². The van der Waals surface area contributed by atoms with Crippen LogP contribution in [-0.4, -0.2) is 34.7 Å². The highest BCUT2D eigenvalue weighted by Crippen LogP contribution is 2.35. The van der Waals surface area contributed by atoms with Gasteiger partial charge in [-0.1, -0.05) is 24.3 Å². The first-order chi connectivity index (χ1) is 13.1. The Balaban J connectivity index is 1.82. The van der Waals surface area contributed by atoms with Crippen molar-refractivity contribution in [3.63, 3.8) is 0 Å². The van der Waals surface area contributed by atoms with Gasteiger partial charge in [0.1, 0.15) is 0 Å². The predicted octanol–water partition coefficient (Wildman–Crippen LogP) is 4.76. The Hall–Kier alpha value is -2.38. The van der Waals surface area contributed by atoms with E-state index in [0.717, 1.165) is 17.7 Å². The zero-order chi connectivity index (χ0) is 20.5. The lowest BCUT2D eigenvalue weighted by atomic mass is 9.96. The third-order valence-electron chi connectivity index (χ3n) is 5.01. The number of aromatic carboxylic acids is 1. The van der Waals surface area contributed by atoms with Crippen molar-refractivity contribution < 1.29 is 27.8 Å². The molecule has 7 heteroatoms. The van der Waals surface area contributed by atoms with Crippen LogP contribution >= 0.6 is 0 Å². The molecule has 1 N–H and O–H groups in total. The maximum Gasteiger partial charge on any atom is 0.416 e. The summed E-state index contributed by atoms with van der Waals surface area (Å²) in [5.41, 5.74) is 0.488. The van der Waals surface area contributed by atoms with Crippen LogP contribution in [0.3, 0.4) is 0 Å². The van der Waals surface area contributed by atoms with Gasteiger partial charge in [0, 0.05) is 18.6 Å². The number of hydrogen-bond donors (Lipinski definition) is 1. The van der Waals surface area contributed by atoms with Crippen LogP contribution in [0.2, 0.25) is 0 Å². The highest BCUT2D eigenvalue weighted by atomic mass is 19.4. The van der Waals surface area contributed by atoms with Gasteiger partial charge in [-0.2, -0.15) is 13.2 Å². The molecule has 0 aliphatic carbocycles. The van der Waals surface area contributed by atoms with Gasteiger partial charge in [0.25, 0.3) is 0 Å². The predicted molar refractivity (Wildman–Crippen MR) is 98.0 cm³/mol. The minimum Gasteiger partial charge on any atom is -0.478 e. The van der Waals surface area contributed by atoms with E-state index in [1.165, 1.54) is 12.1 Å². The van der Waals surface area contributed by atoms with E-state index in [0.29, 0.717) is 25.3 Å². The quantitative estimate of drug-likeness (QED) is 0.814. The molecule has 1 fully saturated rings. The molecule has 0 amide bonds. The number of halogens is 3. The molecule has 0 radical (unpaired) electrons. The molecule has 3 rings (SSSR count). The van der Waals surface area contributed by atoms with E-state index in [9.17, 15) is 23.1 Å². The van der Waals surface area contributed by atoms with E-state index in [4.69, 9.17) is 4.74 Å². The summed E-state index contributed by atoms with van der Waals surface area (Å²) in [4.78, 5) is 13.3. The van der Waals surface area contributed by atoms with Gasteiger partial charge in [-0.15, -0.1) is 0 Å². The van der Waals surface area contributed by atoms with Gasteiger partial charge in [-0.3, -0.25) is 4.90 Å². The number of benzene rings is 2. The molecule has 2 aromatic carbocycles. The fraction of sp³-hybridized carbons (Fsp3) is 0.381. The van der Waals surface area contributed by atoms with E-state index in [-0.39, 0.29) is 11.1 Å². The summed E-state index contributed by atoms with van der Waals surface area (Å²) in [5.74, 6) is -0.995. The Kier molecular flexibility index (Phi) is 5.50. The third kappa shape index (κ3) is 4.54.